The highest BCUT2D eigenvalue weighted by Crippen LogP contribution is 2.41. The predicted molar refractivity (Wildman–Crippen MR) is 62.9 cm³/mol. The lowest BCUT2D eigenvalue weighted by Crippen LogP contribution is -2.45. The van der Waals surface area contributed by atoms with Crippen LogP contribution in [0.5, 0.6) is 0 Å². The molecule has 0 heterocycles. The first-order chi connectivity index (χ1) is 5.40. The minimum atomic E-state index is -3.48. The smallest absolute Gasteiger partial charge is 0.221 e. The number of aliphatic hydroxyl groups excluding tert-OH is 1. The van der Waals surface area contributed by atoms with Crippen LogP contribution in [0.2, 0.25) is 0 Å². The Hall–Kier alpha value is 0.930. The largest absolute Gasteiger partial charge is 0.389 e. The van der Waals surface area contributed by atoms with Crippen molar-refractivity contribution in [3.05, 3.63) is 0 Å². The zero-order valence-electron chi connectivity index (χ0n) is 8.01. The van der Waals surface area contributed by atoms with Crippen LogP contribution in [0.25, 0.3) is 0 Å². The van der Waals surface area contributed by atoms with Crippen LogP contribution in [0.4, 0.5) is 0 Å². The topological polar surface area (TPSA) is 54.4 Å². The maximum absolute atomic E-state index is 11.2. The molecule has 0 aliphatic heterocycles. The van der Waals surface area contributed by atoms with E-state index in [0.717, 1.165) is 6.26 Å². The van der Waals surface area contributed by atoms with Gasteiger partial charge >= 0.3 is 0 Å². The van der Waals surface area contributed by atoms with Crippen molar-refractivity contribution in [2.45, 2.75) is 29.1 Å². The SMILES string of the molecule is CC(C)(C)[C@H](O)[C@@](Cl)(I)S(C)(=O)=O. The zero-order chi connectivity index (χ0) is 11.1. The zero-order valence-corrected chi connectivity index (χ0v) is 11.7. The minimum absolute atomic E-state index is 0.563. The number of hydrogen-bond donors (Lipinski definition) is 1. The fraction of sp³-hybridized carbons (Fsp3) is 1.00. The molecule has 0 radical (unpaired) electrons. The molecule has 0 bridgehead atoms. The van der Waals surface area contributed by atoms with E-state index in [1.807, 2.05) is 0 Å². The van der Waals surface area contributed by atoms with Crippen molar-refractivity contribution < 1.29 is 13.5 Å². The summed E-state index contributed by atoms with van der Waals surface area (Å²) < 4.78 is 20.8. The first-order valence-electron chi connectivity index (χ1n) is 3.66. The van der Waals surface area contributed by atoms with E-state index in [9.17, 15) is 13.5 Å². The maximum atomic E-state index is 11.2. The second kappa shape index (κ2) is 3.83. The van der Waals surface area contributed by atoms with Crippen molar-refractivity contribution >= 4 is 44.0 Å². The molecule has 2 atom stereocenters. The molecule has 0 aromatic rings. The van der Waals surface area contributed by atoms with Crippen LogP contribution in [0, 0.1) is 5.41 Å². The van der Waals surface area contributed by atoms with E-state index in [2.05, 4.69) is 0 Å². The molecule has 13 heavy (non-hydrogen) atoms. The van der Waals surface area contributed by atoms with Crippen LogP contribution < -0.4 is 0 Å². The van der Waals surface area contributed by atoms with Gasteiger partial charge in [0.1, 0.15) is 6.10 Å². The second-order valence-corrected chi connectivity index (χ2v) is 10.2. The van der Waals surface area contributed by atoms with Gasteiger partial charge in [0.05, 0.1) is 0 Å². The van der Waals surface area contributed by atoms with Gasteiger partial charge in [-0.25, -0.2) is 8.42 Å². The van der Waals surface area contributed by atoms with Crippen LogP contribution >= 0.6 is 34.2 Å². The number of halogens is 2. The van der Waals surface area contributed by atoms with Gasteiger partial charge in [0.25, 0.3) is 0 Å². The van der Waals surface area contributed by atoms with Crippen LogP contribution in [-0.4, -0.2) is 28.1 Å². The molecule has 0 spiro atoms. The molecule has 1 N–H and O–H groups in total. The molecular weight excluding hydrogens is 326 g/mol. The summed E-state index contributed by atoms with van der Waals surface area (Å²) in [6.45, 7) is 5.20. The minimum Gasteiger partial charge on any atom is -0.389 e. The van der Waals surface area contributed by atoms with Gasteiger partial charge in [-0.15, -0.1) is 0 Å². The molecule has 0 aromatic heterocycles. The molecule has 0 saturated carbocycles. The summed E-state index contributed by atoms with van der Waals surface area (Å²) in [5.74, 6) is 0. The van der Waals surface area contributed by atoms with Crippen molar-refractivity contribution in [3.63, 3.8) is 0 Å². The first kappa shape index (κ1) is 13.9. The second-order valence-electron chi connectivity index (χ2n) is 4.10. The number of alkyl halides is 2. The number of hydrogen-bond acceptors (Lipinski definition) is 3. The molecule has 0 fully saturated rings. The third-order valence-electron chi connectivity index (χ3n) is 1.63. The quantitative estimate of drug-likeness (QED) is 0.616. The average molecular weight is 341 g/mol. The molecule has 0 amide bonds. The summed E-state index contributed by atoms with van der Waals surface area (Å²) in [5.41, 5.74) is -0.563. The van der Waals surface area contributed by atoms with Gasteiger partial charge in [-0.3, -0.25) is 0 Å². The van der Waals surface area contributed by atoms with E-state index in [-0.39, 0.29) is 0 Å². The van der Waals surface area contributed by atoms with E-state index >= 15 is 0 Å². The average Bonchev–Trinajstić information content (AvgIpc) is 1.81. The molecule has 3 nitrogen and oxygen atoms in total. The lowest BCUT2D eigenvalue weighted by Gasteiger charge is -2.34. The van der Waals surface area contributed by atoms with E-state index < -0.39 is 23.6 Å². The maximum Gasteiger partial charge on any atom is 0.221 e. The first-order valence-corrected chi connectivity index (χ1v) is 7.01. The van der Waals surface area contributed by atoms with Gasteiger partial charge in [-0.2, -0.15) is 0 Å². The fourth-order valence-electron chi connectivity index (χ4n) is 0.707. The van der Waals surface area contributed by atoms with Gasteiger partial charge in [-0.1, -0.05) is 32.4 Å². The summed E-state index contributed by atoms with van der Waals surface area (Å²) in [4.78, 5) is 0. The van der Waals surface area contributed by atoms with Crippen molar-refractivity contribution in [1.29, 1.82) is 0 Å². The summed E-state index contributed by atoms with van der Waals surface area (Å²) in [6.07, 6.45) is -0.0984. The van der Waals surface area contributed by atoms with Gasteiger partial charge in [0.15, 0.2) is 9.84 Å². The predicted octanol–water partition coefficient (Wildman–Crippen LogP) is 1.77. The van der Waals surface area contributed by atoms with Crippen molar-refractivity contribution in [2.24, 2.45) is 5.41 Å². The summed E-state index contributed by atoms with van der Waals surface area (Å²) >= 11 is 7.36. The van der Waals surface area contributed by atoms with Gasteiger partial charge < -0.3 is 5.11 Å². The van der Waals surface area contributed by atoms with Crippen molar-refractivity contribution in [2.75, 3.05) is 6.26 Å². The van der Waals surface area contributed by atoms with Gasteiger partial charge in [0, 0.05) is 6.26 Å². The van der Waals surface area contributed by atoms with Crippen LogP contribution in [0.1, 0.15) is 20.8 Å². The monoisotopic (exact) mass is 340 g/mol. The highest BCUT2D eigenvalue weighted by atomic mass is 127. The molecule has 0 aliphatic rings. The van der Waals surface area contributed by atoms with Crippen LogP contribution in [-0.2, 0) is 9.84 Å². The summed E-state index contributed by atoms with van der Waals surface area (Å²) in [5, 5.41) is 9.73. The van der Waals surface area contributed by atoms with E-state index in [1.165, 1.54) is 0 Å². The highest BCUT2D eigenvalue weighted by Gasteiger charge is 2.48. The molecular formula is C7H14ClIO3S. The normalized spacial score (nSPS) is 20.8. The van der Waals surface area contributed by atoms with Crippen LogP contribution in [0.15, 0.2) is 0 Å². The van der Waals surface area contributed by atoms with Crippen molar-refractivity contribution in [3.8, 4) is 0 Å². The van der Waals surface area contributed by atoms with Gasteiger partial charge in [-0.05, 0) is 28.0 Å². The third kappa shape index (κ3) is 3.21. The molecule has 80 valence electrons. The number of aliphatic hydroxyl groups is 1. The van der Waals surface area contributed by atoms with Gasteiger partial charge in [0.2, 0.25) is 2.21 Å². The Morgan fingerprint density at radius 1 is 1.38 bits per heavy atom. The van der Waals surface area contributed by atoms with E-state index in [0.29, 0.717) is 0 Å². The highest BCUT2D eigenvalue weighted by molar-refractivity contribution is 14.1. The molecule has 0 unspecified atom stereocenters. The fourth-order valence-corrected chi connectivity index (χ4v) is 2.73. The molecule has 0 rings (SSSR count). The Morgan fingerprint density at radius 2 is 1.69 bits per heavy atom. The Morgan fingerprint density at radius 3 is 1.77 bits per heavy atom. The Bertz CT molecular complexity index is 279. The van der Waals surface area contributed by atoms with Crippen molar-refractivity contribution in [1.82, 2.24) is 0 Å². The summed E-state index contributed by atoms with van der Waals surface area (Å²) in [6, 6.07) is 0. The molecule has 0 aromatic carbocycles. The molecule has 0 saturated heterocycles. The Kier molecular flexibility index (Phi) is 4.10. The molecule has 6 heteroatoms. The summed E-state index contributed by atoms with van der Waals surface area (Å²) in [7, 11) is -3.48. The third-order valence-corrected chi connectivity index (χ3v) is 6.88. The van der Waals surface area contributed by atoms with E-state index in [1.54, 1.807) is 43.4 Å². The van der Waals surface area contributed by atoms with E-state index in [4.69, 9.17) is 11.6 Å². The standard InChI is InChI=1S/C7H14ClIO3S/c1-6(2,3)5(10)7(8,9)13(4,11)12/h5,10H,1-4H3/t5-,7+/m0/s1. The molecule has 0 aliphatic carbocycles. The number of sulfone groups is 1. The lowest BCUT2D eigenvalue weighted by atomic mass is 9.90. The number of rotatable bonds is 2. The lowest BCUT2D eigenvalue weighted by molar-refractivity contribution is 0.0713. The Labute approximate surface area is 97.9 Å². The van der Waals surface area contributed by atoms with Crippen LogP contribution in [0.3, 0.4) is 0 Å². The Balaban J connectivity index is 5.09.